The van der Waals surface area contributed by atoms with Gasteiger partial charge in [-0.25, -0.2) is 9.78 Å². The average Bonchev–Trinajstić information content (AvgIpc) is 2.96. The summed E-state index contributed by atoms with van der Waals surface area (Å²) >= 11 is 6.04. The molecular weight excluding hydrogens is 371 g/mol. The van der Waals surface area contributed by atoms with Gasteiger partial charge < -0.3 is 9.52 Å². The Bertz CT molecular complexity index is 978. The number of rotatable bonds is 3. The van der Waals surface area contributed by atoms with Crippen LogP contribution in [0.2, 0.25) is 5.02 Å². The zero-order valence-electron chi connectivity index (χ0n) is 13.3. The van der Waals surface area contributed by atoms with Gasteiger partial charge in [-0.2, -0.15) is 13.2 Å². The molecule has 0 saturated heterocycles. The number of benzene rings is 2. The molecule has 0 unspecified atom stereocenters. The highest BCUT2D eigenvalue weighted by molar-refractivity contribution is 6.33. The molecule has 3 rings (SSSR count). The van der Waals surface area contributed by atoms with Crippen LogP contribution in [-0.2, 0) is 6.18 Å². The maximum atomic E-state index is 13.0. The molecule has 0 aliphatic heterocycles. The lowest BCUT2D eigenvalue weighted by molar-refractivity contribution is -0.137. The molecule has 0 amide bonds. The van der Waals surface area contributed by atoms with Crippen molar-refractivity contribution in [2.24, 2.45) is 0 Å². The normalized spacial score (nSPS) is 11.6. The molecule has 4 nitrogen and oxygen atoms in total. The minimum Gasteiger partial charge on any atom is -0.478 e. The maximum Gasteiger partial charge on any atom is 0.416 e. The summed E-state index contributed by atoms with van der Waals surface area (Å²) in [6.07, 6.45) is -4.51. The van der Waals surface area contributed by atoms with Crippen LogP contribution in [0.25, 0.3) is 22.8 Å². The average molecular weight is 382 g/mol. The fourth-order valence-corrected chi connectivity index (χ4v) is 2.60. The first kappa shape index (κ1) is 18.0. The maximum absolute atomic E-state index is 13.0. The molecule has 2 aromatic carbocycles. The molecule has 1 N–H and O–H groups in total. The van der Waals surface area contributed by atoms with Crippen LogP contribution in [0.3, 0.4) is 0 Å². The molecule has 0 aliphatic rings. The minimum absolute atomic E-state index is 0.0832. The number of halogens is 4. The zero-order chi connectivity index (χ0) is 19.1. The summed E-state index contributed by atoms with van der Waals surface area (Å²) in [6, 6.07) is 8.74. The Kier molecular flexibility index (Phi) is 4.50. The first-order valence-corrected chi connectivity index (χ1v) is 7.73. The van der Waals surface area contributed by atoms with E-state index >= 15 is 0 Å². The van der Waals surface area contributed by atoms with Gasteiger partial charge in [-0.05, 0) is 49.4 Å². The third-order valence-corrected chi connectivity index (χ3v) is 4.04. The van der Waals surface area contributed by atoms with E-state index in [1.807, 2.05) is 0 Å². The molecule has 3 aromatic rings. The van der Waals surface area contributed by atoms with Crippen molar-refractivity contribution in [3.05, 3.63) is 64.3 Å². The number of aromatic carboxylic acids is 1. The first-order valence-electron chi connectivity index (χ1n) is 7.35. The molecule has 0 atom stereocenters. The third-order valence-electron chi connectivity index (χ3n) is 3.71. The molecule has 26 heavy (non-hydrogen) atoms. The van der Waals surface area contributed by atoms with E-state index in [1.165, 1.54) is 24.3 Å². The van der Waals surface area contributed by atoms with E-state index in [2.05, 4.69) is 4.98 Å². The van der Waals surface area contributed by atoms with Crippen LogP contribution in [-0.4, -0.2) is 16.1 Å². The van der Waals surface area contributed by atoms with Gasteiger partial charge in [-0.15, -0.1) is 0 Å². The first-order chi connectivity index (χ1) is 12.2. The highest BCUT2D eigenvalue weighted by Crippen LogP contribution is 2.38. The van der Waals surface area contributed by atoms with Crippen molar-refractivity contribution in [1.29, 1.82) is 0 Å². The number of hydrogen-bond donors (Lipinski definition) is 1. The predicted molar refractivity (Wildman–Crippen MR) is 89.1 cm³/mol. The largest absolute Gasteiger partial charge is 0.478 e. The van der Waals surface area contributed by atoms with Crippen LogP contribution in [0.1, 0.15) is 21.6 Å². The highest BCUT2D eigenvalue weighted by atomic mass is 35.5. The number of carbonyl (C=O) groups is 1. The molecule has 134 valence electrons. The van der Waals surface area contributed by atoms with E-state index in [1.54, 1.807) is 6.92 Å². The summed E-state index contributed by atoms with van der Waals surface area (Å²) in [6.45, 7) is 1.59. The van der Waals surface area contributed by atoms with Crippen LogP contribution in [0.15, 0.2) is 46.9 Å². The Hall–Kier alpha value is -2.80. The molecular formula is C18H11ClF3NO3. The van der Waals surface area contributed by atoms with Gasteiger partial charge >= 0.3 is 12.1 Å². The van der Waals surface area contributed by atoms with E-state index in [0.717, 1.165) is 18.2 Å². The van der Waals surface area contributed by atoms with E-state index in [4.69, 9.17) is 21.1 Å². The van der Waals surface area contributed by atoms with Gasteiger partial charge in [0.15, 0.2) is 5.76 Å². The van der Waals surface area contributed by atoms with Crippen molar-refractivity contribution >= 4 is 17.6 Å². The second kappa shape index (κ2) is 6.49. The van der Waals surface area contributed by atoms with Crippen molar-refractivity contribution in [1.82, 2.24) is 4.98 Å². The van der Waals surface area contributed by atoms with Gasteiger partial charge in [0.1, 0.15) is 0 Å². The second-order valence-corrected chi connectivity index (χ2v) is 5.92. The zero-order valence-corrected chi connectivity index (χ0v) is 14.0. The molecule has 8 heteroatoms. The van der Waals surface area contributed by atoms with Crippen LogP contribution in [0, 0.1) is 6.92 Å². The topological polar surface area (TPSA) is 63.3 Å². The number of alkyl halides is 3. The molecule has 0 bridgehead atoms. The van der Waals surface area contributed by atoms with Crippen molar-refractivity contribution < 1.29 is 27.5 Å². The highest BCUT2D eigenvalue weighted by Gasteiger charge is 2.31. The molecule has 0 aliphatic carbocycles. The minimum atomic E-state index is -4.51. The van der Waals surface area contributed by atoms with E-state index in [-0.39, 0.29) is 27.8 Å². The monoisotopic (exact) mass is 381 g/mol. The molecule has 1 aromatic heterocycles. The van der Waals surface area contributed by atoms with E-state index in [9.17, 15) is 18.0 Å². The Morgan fingerprint density at radius 1 is 1.15 bits per heavy atom. The molecule has 0 radical (unpaired) electrons. The SMILES string of the molecule is Cc1nc(-c2ccc(C(=O)O)cc2)oc1-c1cc(C(F)(F)F)ccc1Cl. The van der Waals surface area contributed by atoms with Gasteiger partial charge in [0.25, 0.3) is 0 Å². The summed E-state index contributed by atoms with van der Waals surface area (Å²) < 4.78 is 44.5. The molecule has 0 spiro atoms. The number of oxazole rings is 1. The van der Waals surface area contributed by atoms with Gasteiger partial charge in [-0.3, -0.25) is 0 Å². The lowest BCUT2D eigenvalue weighted by Gasteiger charge is -2.09. The van der Waals surface area contributed by atoms with Crippen LogP contribution in [0.4, 0.5) is 13.2 Å². The Morgan fingerprint density at radius 2 is 1.81 bits per heavy atom. The Labute approximate surface area is 150 Å². The van der Waals surface area contributed by atoms with Crippen molar-refractivity contribution in [2.75, 3.05) is 0 Å². The predicted octanol–water partition coefficient (Wildman–Crippen LogP) is 5.69. The van der Waals surface area contributed by atoms with E-state index < -0.39 is 17.7 Å². The number of nitrogens with zero attached hydrogens (tertiary/aromatic N) is 1. The lowest BCUT2D eigenvalue weighted by Crippen LogP contribution is -2.04. The summed E-state index contributed by atoms with van der Waals surface area (Å²) in [4.78, 5) is 15.1. The lowest BCUT2D eigenvalue weighted by atomic mass is 10.1. The number of aryl methyl sites for hydroxylation is 1. The van der Waals surface area contributed by atoms with Gasteiger partial charge in [0, 0.05) is 11.1 Å². The van der Waals surface area contributed by atoms with Crippen LogP contribution in [0.5, 0.6) is 0 Å². The summed E-state index contributed by atoms with van der Waals surface area (Å²) in [7, 11) is 0. The number of carboxylic acid groups (broad SMARTS) is 1. The van der Waals surface area contributed by atoms with E-state index in [0.29, 0.717) is 11.3 Å². The molecule has 0 saturated carbocycles. The van der Waals surface area contributed by atoms with Crippen molar-refractivity contribution in [3.63, 3.8) is 0 Å². The molecule has 1 heterocycles. The summed E-state index contributed by atoms with van der Waals surface area (Å²) in [5.74, 6) is -0.794. The Morgan fingerprint density at radius 3 is 2.38 bits per heavy atom. The van der Waals surface area contributed by atoms with Gasteiger partial charge in [0.05, 0.1) is 21.8 Å². The van der Waals surface area contributed by atoms with Crippen LogP contribution < -0.4 is 0 Å². The Balaban J connectivity index is 2.05. The summed E-state index contributed by atoms with van der Waals surface area (Å²) in [5.41, 5.74) is 0.189. The van der Waals surface area contributed by atoms with Crippen molar-refractivity contribution in [3.8, 4) is 22.8 Å². The van der Waals surface area contributed by atoms with Gasteiger partial charge in [0.2, 0.25) is 5.89 Å². The van der Waals surface area contributed by atoms with Crippen molar-refractivity contribution in [2.45, 2.75) is 13.1 Å². The quantitative estimate of drug-likeness (QED) is 0.633. The number of aromatic nitrogens is 1. The number of hydrogen-bond acceptors (Lipinski definition) is 3. The number of carboxylic acids is 1. The van der Waals surface area contributed by atoms with Gasteiger partial charge in [-0.1, -0.05) is 11.6 Å². The third kappa shape index (κ3) is 3.43. The second-order valence-electron chi connectivity index (χ2n) is 5.51. The fourth-order valence-electron chi connectivity index (χ4n) is 2.40. The van der Waals surface area contributed by atoms with Crippen LogP contribution >= 0.6 is 11.6 Å². The molecule has 0 fully saturated rings. The summed E-state index contributed by atoms with van der Waals surface area (Å²) in [5, 5.41) is 9.02. The fraction of sp³-hybridized carbons (Fsp3) is 0.111. The standard InChI is InChI=1S/C18H11ClF3NO3/c1-9-15(13-8-12(18(20,21)22)6-7-14(13)19)26-16(23-9)10-2-4-11(5-3-10)17(24)25/h2-8H,1H3,(H,24,25). The smallest absolute Gasteiger partial charge is 0.416 e.